The molecule has 0 spiro atoms. The standard InChI is InChI=1S/C16H27N3O/c17-14-10-8-13(9-11-14)16-18-15(19-20-16)12-6-4-2-1-3-5-7-12/h12-14H,1-11,17H2. The summed E-state index contributed by atoms with van der Waals surface area (Å²) in [6.07, 6.45) is 13.6. The first kappa shape index (κ1) is 14.1. The molecule has 0 bridgehead atoms. The first-order chi connectivity index (χ1) is 9.83. The molecule has 0 aliphatic heterocycles. The molecule has 20 heavy (non-hydrogen) atoms. The van der Waals surface area contributed by atoms with E-state index in [-0.39, 0.29) is 0 Å². The van der Waals surface area contributed by atoms with Gasteiger partial charge in [0.1, 0.15) is 0 Å². The minimum absolute atomic E-state index is 0.374. The summed E-state index contributed by atoms with van der Waals surface area (Å²) in [5, 5.41) is 4.29. The molecule has 0 radical (unpaired) electrons. The van der Waals surface area contributed by atoms with Gasteiger partial charge in [-0.1, -0.05) is 37.3 Å². The molecular weight excluding hydrogens is 250 g/mol. The molecule has 2 aliphatic carbocycles. The molecule has 2 N–H and O–H groups in total. The molecule has 0 aromatic carbocycles. The second-order valence-corrected chi connectivity index (χ2v) is 6.64. The topological polar surface area (TPSA) is 64.9 Å². The first-order valence-electron chi connectivity index (χ1n) is 8.42. The van der Waals surface area contributed by atoms with E-state index in [1.165, 1.54) is 44.9 Å². The maximum atomic E-state index is 5.96. The average Bonchev–Trinajstić information content (AvgIpc) is 2.89. The van der Waals surface area contributed by atoms with Crippen LogP contribution in [0.25, 0.3) is 0 Å². The molecule has 4 heteroatoms. The van der Waals surface area contributed by atoms with Gasteiger partial charge in [-0.15, -0.1) is 0 Å². The van der Waals surface area contributed by atoms with E-state index in [1.807, 2.05) is 0 Å². The molecule has 2 aliphatic rings. The number of aromatic nitrogens is 2. The molecule has 1 heterocycles. The summed E-state index contributed by atoms with van der Waals surface area (Å²) in [6.45, 7) is 0. The van der Waals surface area contributed by atoms with Gasteiger partial charge in [0.05, 0.1) is 0 Å². The van der Waals surface area contributed by atoms with Crippen LogP contribution in [0, 0.1) is 0 Å². The van der Waals surface area contributed by atoms with Gasteiger partial charge in [-0.25, -0.2) is 0 Å². The Labute approximate surface area is 121 Å². The van der Waals surface area contributed by atoms with Crippen molar-refractivity contribution in [1.29, 1.82) is 0 Å². The lowest BCUT2D eigenvalue weighted by molar-refractivity contribution is 0.298. The molecule has 112 valence electrons. The molecule has 0 amide bonds. The summed E-state index contributed by atoms with van der Waals surface area (Å²) in [5.74, 6) is 2.81. The van der Waals surface area contributed by atoms with E-state index in [2.05, 4.69) is 5.16 Å². The van der Waals surface area contributed by atoms with Crippen LogP contribution in [-0.2, 0) is 0 Å². The van der Waals surface area contributed by atoms with Gasteiger partial charge >= 0.3 is 0 Å². The van der Waals surface area contributed by atoms with Gasteiger partial charge in [-0.3, -0.25) is 0 Å². The maximum Gasteiger partial charge on any atom is 0.229 e. The fourth-order valence-electron chi connectivity index (χ4n) is 3.66. The molecule has 2 fully saturated rings. The quantitative estimate of drug-likeness (QED) is 0.890. The largest absolute Gasteiger partial charge is 0.339 e. The van der Waals surface area contributed by atoms with Gasteiger partial charge in [0.2, 0.25) is 5.89 Å². The van der Waals surface area contributed by atoms with E-state index in [0.29, 0.717) is 17.9 Å². The Morgan fingerprint density at radius 2 is 1.45 bits per heavy atom. The fraction of sp³-hybridized carbons (Fsp3) is 0.875. The molecule has 2 saturated carbocycles. The van der Waals surface area contributed by atoms with E-state index in [1.54, 1.807) is 0 Å². The number of hydrogen-bond acceptors (Lipinski definition) is 4. The van der Waals surface area contributed by atoms with Crippen LogP contribution in [0.1, 0.15) is 94.2 Å². The Balaban J connectivity index is 1.63. The Morgan fingerprint density at radius 1 is 0.800 bits per heavy atom. The molecule has 4 nitrogen and oxygen atoms in total. The van der Waals surface area contributed by atoms with E-state index in [0.717, 1.165) is 37.4 Å². The summed E-state index contributed by atoms with van der Waals surface area (Å²) in [6, 6.07) is 0.374. The average molecular weight is 277 g/mol. The minimum Gasteiger partial charge on any atom is -0.339 e. The molecule has 0 atom stereocenters. The SMILES string of the molecule is NC1CCC(c2nc(C3CCCCCCC3)no2)CC1. The third kappa shape index (κ3) is 3.40. The van der Waals surface area contributed by atoms with Gasteiger partial charge in [0.25, 0.3) is 0 Å². The molecule has 1 aromatic heterocycles. The zero-order valence-corrected chi connectivity index (χ0v) is 12.4. The fourth-order valence-corrected chi connectivity index (χ4v) is 3.66. The van der Waals surface area contributed by atoms with Crippen molar-refractivity contribution in [1.82, 2.24) is 10.1 Å². The second kappa shape index (κ2) is 6.70. The van der Waals surface area contributed by atoms with Crippen molar-refractivity contribution in [2.75, 3.05) is 0 Å². The summed E-state index contributed by atoms with van der Waals surface area (Å²) in [4.78, 5) is 4.74. The molecule has 1 aromatic rings. The highest BCUT2D eigenvalue weighted by Gasteiger charge is 2.26. The molecule has 0 unspecified atom stereocenters. The van der Waals surface area contributed by atoms with Crippen molar-refractivity contribution in [3.63, 3.8) is 0 Å². The smallest absolute Gasteiger partial charge is 0.229 e. The lowest BCUT2D eigenvalue weighted by atomic mass is 9.86. The van der Waals surface area contributed by atoms with Crippen molar-refractivity contribution >= 4 is 0 Å². The Morgan fingerprint density at radius 3 is 2.15 bits per heavy atom. The van der Waals surface area contributed by atoms with Crippen LogP contribution in [0.15, 0.2) is 4.52 Å². The number of hydrogen-bond donors (Lipinski definition) is 1. The third-order valence-corrected chi connectivity index (χ3v) is 5.05. The minimum atomic E-state index is 0.374. The van der Waals surface area contributed by atoms with Crippen LogP contribution in [0.2, 0.25) is 0 Å². The monoisotopic (exact) mass is 277 g/mol. The molecule has 3 rings (SSSR count). The number of nitrogens with two attached hydrogens (primary N) is 1. The Kier molecular flexibility index (Phi) is 4.71. The highest BCUT2D eigenvalue weighted by Crippen LogP contribution is 2.34. The predicted octanol–water partition coefficient (Wildman–Crippen LogP) is 3.88. The van der Waals surface area contributed by atoms with Gasteiger partial charge in [-0.2, -0.15) is 4.98 Å². The summed E-state index contributed by atoms with van der Waals surface area (Å²) in [7, 11) is 0. The van der Waals surface area contributed by atoms with Gasteiger partial charge in [0.15, 0.2) is 5.82 Å². The Hall–Kier alpha value is -0.900. The van der Waals surface area contributed by atoms with Crippen molar-refractivity contribution in [2.24, 2.45) is 5.73 Å². The Bertz CT molecular complexity index is 402. The summed E-state index contributed by atoms with van der Waals surface area (Å²) in [5.41, 5.74) is 5.96. The predicted molar refractivity (Wildman–Crippen MR) is 78.5 cm³/mol. The van der Waals surface area contributed by atoms with Crippen LogP contribution in [0.3, 0.4) is 0 Å². The van der Waals surface area contributed by atoms with Crippen LogP contribution in [0.4, 0.5) is 0 Å². The summed E-state index contributed by atoms with van der Waals surface area (Å²) < 4.78 is 5.56. The van der Waals surface area contributed by atoms with Crippen molar-refractivity contribution in [2.45, 2.75) is 88.5 Å². The van der Waals surface area contributed by atoms with Gasteiger partial charge in [-0.05, 0) is 38.5 Å². The van der Waals surface area contributed by atoms with Gasteiger partial charge < -0.3 is 10.3 Å². The second-order valence-electron chi connectivity index (χ2n) is 6.64. The normalized spacial score (nSPS) is 29.9. The van der Waals surface area contributed by atoms with E-state index in [4.69, 9.17) is 15.2 Å². The molecular formula is C16H27N3O. The third-order valence-electron chi connectivity index (χ3n) is 5.05. The van der Waals surface area contributed by atoms with E-state index < -0.39 is 0 Å². The lowest BCUT2D eigenvalue weighted by Crippen LogP contribution is -2.25. The summed E-state index contributed by atoms with van der Waals surface area (Å²) >= 11 is 0. The van der Waals surface area contributed by atoms with E-state index >= 15 is 0 Å². The maximum absolute atomic E-state index is 5.96. The highest BCUT2D eigenvalue weighted by atomic mass is 16.5. The zero-order valence-electron chi connectivity index (χ0n) is 12.4. The van der Waals surface area contributed by atoms with Crippen LogP contribution >= 0.6 is 0 Å². The van der Waals surface area contributed by atoms with Crippen LogP contribution in [0.5, 0.6) is 0 Å². The lowest BCUT2D eigenvalue weighted by Gasteiger charge is -2.23. The van der Waals surface area contributed by atoms with Gasteiger partial charge in [0, 0.05) is 17.9 Å². The highest BCUT2D eigenvalue weighted by molar-refractivity contribution is 5.01. The van der Waals surface area contributed by atoms with Crippen molar-refractivity contribution in [3.05, 3.63) is 11.7 Å². The first-order valence-corrected chi connectivity index (χ1v) is 8.42. The van der Waals surface area contributed by atoms with Crippen molar-refractivity contribution < 1.29 is 4.52 Å². The number of rotatable bonds is 2. The molecule has 0 saturated heterocycles. The number of nitrogens with zero attached hydrogens (tertiary/aromatic N) is 2. The van der Waals surface area contributed by atoms with Crippen LogP contribution in [-0.4, -0.2) is 16.2 Å². The van der Waals surface area contributed by atoms with Crippen molar-refractivity contribution in [3.8, 4) is 0 Å². The van der Waals surface area contributed by atoms with E-state index in [9.17, 15) is 0 Å². The zero-order chi connectivity index (χ0) is 13.8. The van der Waals surface area contributed by atoms with Crippen LogP contribution < -0.4 is 5.73 Å².